The van der Waals surface area contributed by atoms with Gasteiger partial charge in [0.25, 0.3) is 10.1 Å². The van der Waals surface area contributed by atoms with E-state index in [0.29, 0.717) is 24.8 Å². The molecule has 1 heterocycles. The normalized spacial score (nSPS) is 12.4. The topological polar surface area (TPSA) is 61.5 Å². The summed E-state index contributed by atoms with van der Waals surface area (Å²) in [4.78, 5) is 2.57. The van der Waals surface area contributed by atoms with Crippen LogP contribution in [0.5, 0.6) is 0 Å². The summed E-state index contributed by atoms with van der Waals surface area (Å²) < 4.78 is 33.6. The van der Waals surface area contributed by atoms with Crippen LogP contribution in [-0.4, -0.2) is 31.8 Å². The van der Waals surface area contributed by atoms with E-state index in [0.717, 1.165) is 29.6 Å². The fourth-order valence-electron chi connectivity index (χ4n) is 5.90. The molecule has 0 spiro atoms. The van der Waals surface area contributed by atoms with E-state index in [4.69, 9.17) is 4.55 Å². The van der Waals surface area contributed by atoms with Crippen molar-refractivity contribution in [3.05, 3.63) is 96.2 Å². The first kappa shape index (κ1) is 31.7. The number of aromatic nitrogens is 1. The van der Waals surface area contributed by atoms with E-state index in [1.807, 2.05) is 22.9 Å². The standard InChI is InChI=1S/C38H44N2O3S/c1-28(2)18-22-39(23-19-29(3)4)33-17-16-32-26-31(34-10-5-6-12-36(34)37(32)27-33)15-14-30-20-24-40(21-9-25-44(41,42)43)38-13-8-7-11-35(30)38/h5-8,10-17,20,24,26-29H,9,18-19,21-23,25H2,1-4H3/p+1. The van der Waals surface area contributed by atoms with Crippen LogP contribution in [0.3, 0.4) is 0 Å². The molecule has 0 fully saturated rings. The SMILES string of the molecule is CC(C)CCN(CCC(C)C)c1ccc2cc(/C=C/c3cc[n+](CCCS(=O)(=O)O)c4ccccc34)c3ccccc3c2c1. The highest BCUT2D eigenvalue weighted by Crippen LogP contribution is 2.33. The zero-order valence-corrected chi connectivity index (χ0v) is 27.2. The number of hydrogen-bond donors (Lipinski definition) is 1. The first-order valence-corrected chi connectivity index (χ1v) is 17.4. The smallest absolute Gasteiger partial charge is 0.265 e. The van der Waals surface area contributed by atoms with Crippen LogP contribution in [0.2, 0.25) is 0 Å². The molecule has 1 N–H and O–H groups in total. The van der Waals surface area contributed by atoms with Crippen LogP contribution >= 0.6 is 0 Å². The van der Waals surface area contributed by atoms with Crippen molar-refractivity contribution in [1.29, 1.82) is 0 Å². The summed E-state index contributed by atoms with van der Waals surface area (Å²) >= 11 is 0. The van der Waals surface area contributed by atoms with Gasteiger partial charge in [-0.2, -0.15) is 13.0 Å². The average Bonchev–Trinajstić information content (AvgIpc) is 2.99. The van der Waals surface area contributed by atoms with Gasteiger partial charge in [0.15, 0.2) is 6.20 Å². The molecule has 6 heteroatoms. The highest BCUT2D eigenvalue weighted by Gasteiger charge is 2.14. The third-order valence-corrected chi connectivity index (χ3v) is 9.20. The molecule has 0 saturated heterocycles. The molecule has 0 unspecified atom stereocenters. The molecule has 0 aliphatic heterocycles. The van der Waals surface area contributed by atoms with Gasteiger partial charge in [-0.25, -0.2) is 0 Å². The second-order valence-corrected chi connectivity index (χ2v) is 14.3. The molecule has 5 aromatic rings. The van der Waals surface area contributed by atoms with Crippen molar-refractivity contribution in [1.82, 2.24) is 0 Å². The minimum atomic E-state index is -3.97. The highest BCUT2D eigenvalue weighted by molar-refractivity contribution is 7.85. The number of nitrogens with zero attached hydrogens (tertiary/aromatic N) is 2. The quantitative estimate of drug-likeness (QED) is 0.0823. The van der Waals surface area contributed by atoms with E-state index in [2.05, 4.69) is 111 Å². The maximum Gasteiger partial charge on any atom is 0.265 e. The van der Waals surface area contributed by atoms with Gasteiger partial charge < -0.3 is 4.90 Å². The van der Waals surface area contributed by atoms with Gasteiger partial charge in [0.1, 0.15) is 6.54 Å². The molecule has 0 radical (unpaired) electrons. The van der Waals surface area contributed by atoms with Crippen LogP contribution in [0.4, 0.5) is 5.69 Å². The Hall–Kier alpha value is -3.74. The number of aryl methyl sites for hydroxylation is 1. The second-order valence-electron chi connectivity index (χ2n) is 12.7. The molecule has 0 amide bonds. The third kappa shape index (κ3) is 7.85. The van der Waals surface area contributed by atoms with E-state index in [-0.39, 0.29) is 5.75 Å². The Morgan fingerprint density at radius 1 is 0.750 bits per heavy atom. The molecule has 0 bridgehead atoms. The lowest BCUT2D eigenvalue weighted by atomic mass is 9.95. The first-order valence-electron chi connectivity index (χ1n) is 15.8. The summed E-state index contributed by atoms with van der Waals surface area (Å²) in [6.07, 6.45) is 9.08. The predicted octanol–water partition coefficient (Wildman–Crippen LogP) is 8.78. The van der Waals surface area contributed by atoms with Crippen LogP contribution in [0.25, 0.3) is 44.6 Å². The fraction of sp³-hybridized carbons (Fsp3) is 0.342. The number of hydrogen-bond acceptors (Lipinski definition) is 3. The van der Waals surface area contributed by atoms with Gasteiger partial charge in [0.2, 0.25) is 5.52 Å². The average molecular weight is 610 g/mol. The lowest BCUT2D eigenvalue weighted by Crippen LogP contribution is -2.35. The van der Waals surface area contributed by atoms with Crippen molar-refractivity contribution in [2.45, 2.75) is 53.5 Å². The molecular formula is C38H45N2O3S+. The predicted molar refractivity (Wildman–Crippen MR) is 187 cm³/mol. The van der Waals surface area contributed by atoms with Crippen molar-refractivity contribution >= 4 is 60.4 Å². The van der Waals surface area contributed by atoms with Gasteiger partial charge in [-0.1, -0.05) is 82.3 Å². The number of para-hydroxylation sites is 1. The molecule has 0 atom stereocenters. The van der Waals surface area contributed by atoms with Gasteiger partial charge in [0, 0.05) is 37.3 Å². The third-order valence-electron chi connectivity index (χ3n) is 8.40. The van der Waals surface area contributed by atoms with Gasteiger partial charge in [-0.3, -0.25) is 4.55 Å². The molecule has 0 aliphatic carbocycles. The van der Waals surface area contributed by atoms with E-state index in [1.165, 1.54) is 45.6 Å². The van der Waals surface area contributed by atoms with Crippen LogP contribution < -0.4 is 9.47 Å². The largest absolute Gasteiger partial charge is 0.371 e. The summed E-state index contributed by atoms with van der Waals surface area (Å²) in [5.74, 6) is 1.09. The number of benzene rings is 4. The minimum absolute atomic E-state index is 0.250. The van der Waals surface area contributed by atoms with Crippen molar-refractivity contribution < 1.29 is 17.5 Å². The number of anilines is 1. The van der Waals surface area contributed by atoms with E-state index >= 15 is 0 Å². The summed E-state index contributed by atoms with van der Waals surface area (Å²) in [6, 6.07) is 28.2. The van der Waals surface area contributed by atoms with E-state index in [1.54, 1.807) is 0 Å². The highest BCUT2D eigenvalue weighted by atomic mass is 32.2. The van der Waals surface area contributed by atoms with Gasteiger partial charge in [-0.15, -0.1) is 0 Å². The lowest BCUT2D eigenvalue weighted by molar-refractivity contribution is -0.671. The van der Waals surface area contributed by atoms with Crippen LogP contribution in [-0.2, 0) is 16.7 Å². The monoisotopic (exact) mass is 609 g/mol. The van der Waals surface area contributed by atoms with Gasteiger partial charge in [-0.05, 0) is 81.6 Å². The van der Waals surface area contributed by atoms with Crippen LogP contribution in [0.1, 0.15) is 58.1 Å². The molecule has 1 aromatic heterocycles. The summed E-state index contributed by atoms with van der Waals surface area (Å²) in [5.41, 5.74) is 4.59. The molecule has 44 heavy (non-hydrogen) atoms. The first-order chi connectivity index (χ1) is 21.1. The van der Waals surface area contributed by atoms with E-state index < -0.39 is 10.1 Å². The Morgan fingerprint density at radius 2 is 1.39 bits per heavy atom. The Bertz CT molecular complexity index is 1880. The Morgan fingerprint density at radius 3 is 2.07 bits per heavy atom. The number of fused-ring (bicyclic) bond motifs is 4. The number of rotatable bonds is 13. The second kappa shape index (κ2) is 13.9. The summed E-state index contributed by atoms with van der Waals surface area (Å²) in [6.45, 7) is 11.8. The molecule has 5 rings (SSSR count). The van der Waals surface area contributed by atoms with E-state index in [9.17, 15) is 8.42 Å². The Labute approximate surface area is 262 Å². The minimum Gasteiger partial charge on any atom is -0.371 e. The molecule has 230 valence electrons. The fourth-order valence-corrected chi connectivity index (χ4v) is 6.39. The van der Waals surface area contributed by atoms with Crippen LogP contribution in [0, 0.1) is 11.8 Å². The Balaban J connectivity index is 1.50. The van der Waals surface area contributed by atoms with Crippen molar-refractivity contribution in [2.24, 2.45) is 11.8 Å². The zero-order chi connectivity index (χ0) is 31.3. The summed E-state index contributed by atoms with van der Waals surface area (Å²) in [5, 5.41) is 6.09. The Kier molecular flexibility index (Phi) is 10.0. The van der Waals surface area contributed by atoms with Crippen molar-refractivity contribution in [3.63, 3.8) is 0 Å². The van der Waals surface area contributed by atoms with Gasteiger partial charge in [0.05, 0.1) is 11.1 Å². The molecule has 4 aromatic carbocycles. The van der Waals surface area contributed by atoms with Crippen molar-refractivity contribution in [2.75, 3.05) is 23.7 Å². The lowest BCUT2D eigenvalue weighted by Gasteiger charge is -2.27. The maximum absolute atomic E-state index is 11.2. The summed E-state index contributed by atoms with van der Waals surface area (Å²) in [7, 11) is -3.97. The molecule has 0 saturated carbocycles. The molecule has 5 nitrogen and oxygen atoms in total. The maximum atomic E-state index is 11.2. The van der Waals surface area contributed by atoms with Crippen LogP contribution in [0.15, 0.2) is 85.1 Å². The van der Waals surface area contributed by atoms with Gasteiger partial charge >= 0.3 is 0 Å². The number of pyridine rings is 1. The molecule has 0 aliphatic rings. The zero-order valence-electron chi connectivity index (χ0n) is 26.4. The van der Waals surface area contributed by atoms with Crippen molar-refractivity contribution in [3.8, 4) is 0 Å². The molecular weight excluding hydrogens is 564 g/mol.